The molecule has 0 aliphatic heterocycles. The maximum Gasteiger partial charge on any atom is 0.140 e. The predicted molar refractivity (Wildman–Crippen MR) is 72.9 cm³/mol. The van der Waals surface area contributed by atoms with Gasteiger partial charge in [-0.2, -0.15) is 0 Å². The zero-order valence-electron chi connectivity index (χ0n) is 10.5. The van der Waals surface area contributed by atoms with E-state index in [2.05, 4.69) is 10.1 Å². The summed E-state index contributed by atoms with van der Waals surface area (Å²) in [5.41, 5.74) is 6.09. The van der Waals surface area contributed by atoms with Gasteiger partial charge in [0.15, 0.2) is 0 Å². The SMILES string of the molecule is N/C(CCN(Cc1ccc(Cl)cc1F)C1CC1)=N/O. The molecule has 104 valence electrons. The Kier molecular flexibility index (Phi) is 4.61. The molecule has 0 amide bonds. The van der Waals surface area contributed by atoms with Gasteiger partial charge in [-0.3, -0.25) is 4.90 Å². The predicted octanol–water partition coefficient (Wildman–Crippen LogP) is 2.58. The molecule has 4 nitrogen and oxygen atoms in total. The van der Waals surface area contributed by atoms with Gasteiger partial charge in [0, 0.05) is 36.1 Å². The maximum absolute atomic E-state index is 13.8. The molecule has 0 radical (unpaired) electrons. The summed E-state index contributed by atoms with van der Waals surface area (Å²) in [4.78, 5) is 2.16. The van der Waals surface area contributed by atoms with Gasteiger partial charge in [0.2, 0.25) is 0 Å². The molecule has 0 atom stereocenters. The molecular formula is C13H17ClFN3O. The van der Waals surface area contributed by atoms with Gasteiger partial charge < -0.3 is 10.9 Å². The van der Waals surface area contributed by atoms with E-state index in [0.717, 1.165) is 12.8 Å². The first kappa shape index (κ1) is 14.1. The van der Waals surface area contributed by atoms with Gasteiger partial charge in [-0.1, -0.05) is 22.8 Å². The molecule has 6 heteroatoms. The van der Waals surface area contributed by atoms with E-state index in [4.69, 9.17) is 22.5 Å². The number of nitrogens with zero attached hydrogens (tertiary/aromatic N) is 2. The molecule has 19 heavy (non-hydrogen) atoms. The van der Waals surface area contributed by atoms with Crippen molar-refractivity contribution in [3.63, 3.8) is 0 Å². The van der Waals surface area contributed by atoms with Crippen molar-refractivity contribution in [1.82, 2.24) is 4.90 Å². The van der Waals surface area contributed by atoms with Crippen LogP contribution in [0.3, 0.4) is 0 Å². The lowest BCUT2D eigenvalue weighted by atomic mass is 10.2. The molecule has 1 saturated carbocycles. The minimum Gasteiger partial charge on any atom is -0.409 e. The smallest absolute Gasteiger partial charge is 0.140 e. The van der Waals surface area contributed by atoms with E-state index >= 15 is 0 Å². The molecule has 1 aromatic rings. The molecule has 0 bridgehead atoms. The first-order chi connectivity index (χ1) is 9.10. The van der Waals surface area contributed by atoms with Crippen LogP contribution in [0.15, 0.2) is 23.4 Å². The third kappa shape index (κ3) is 4.08. The van der Waals surface area contributed by atoms with E-state index in [1.165, 1.54) is 6.07 Å². The Morgan fingerprint density at radius 1 is 1.53 bits per heavy atom. The van der Waals surface area contributed by atoms with E-state index in [1.54, 1.807) is 12.1 Å². The number of oxime groups is 1. The van der Waals surface area contributed by atoms with Crippen LogP contribution in [0.25, 0.3) is 0 Å². The van der Waals surface area contributed by atoms with E-state index in [9.17, 15) is 4.39 Å². The molecular weight excluding hydrogens is 269 g/mol. The van der Waals surface area contributed by atoms with Gasteiger partial charge in [0.1, 0.15) is 11.7 Å². The zero-order chi connectivity index (χ0) is 13.8. The monoisotopic (exact) mass is 285 g/mol. The van der Waals surface area contributed by atoms with Crippen molar-refractivity contribution in [1.29, 1.82) is 0 Å². The summed E-state index contributed by atoms with van der Waals surface area (Å²) >= 11 is 5.74. The molecule has 1 fully saturated rings. The van der Waals surface area contributed by atoms with Crippen LogP contribution in [0.1, 0.15) is 24.8 Å². The molecule has 0 saturated heterocycles. The van der Waals surface area contributed by atoms with E-state index in [1.807, 2.05) is 0 Å². The highest BCUT2D eigenvalue weighted by atomic mass is 35.5. The third-order valence-electron chi connectivity index (χ3n) is 3.24. The number of benzene rings is 1. The molecule has 0 spiro atoms. The van der Waals surface area contributed by atoms with Gasteiger partial charge in [-0.05, 0) is 25.0 Å². The molecule has 2 rings (SSSR count). The fourth-order valence-electron chi connectivity index (χ4n) is 2.01. The number of hydrogen-bond acceptors (Lipinski definition) is 3. The average molecular weight is 286 g/mol. The fraction of sp³-hybridized carbons (Fsp3) is 0.462. The van der Waals surface area contributed by atoms with Crippen LogP contribution in [-0.2, 0) is 6.54 Å². The van der Waals surface area contributed by atoms with Crippen molar-refractivity contribution in [3.8, 4) is 0 Å². The van der Waals surface area contributed by atoms with Crippen LogP contribution >= 0.6 is 11.6 Å². The van der Waals surface area contributed by atoms with Crippen LogP contribution in [-0.4, -0.2) is 28.5 Å². The number of hydrogen-bond donors (Lipinski definition) is 2. The van der Waals surface area contributed by atoms with Gasteiger partial charge >= 0.3 is 0 Å². The third-order valence-corrected chi connectivity index (χ3v) is 3.47. The van der Waals surface area contributed by atoms with Gasteiger partial charge in [-0.25, -0.2) is 4.39 Å². The van der Waals surface area contributed by atoms with Crippen LogP contribution in [0.4, 0.5) is 4.39 Å². The van der Waals surface area contributed by atoms with Crippen LogP contribution in [0.5, 0.6) is 0 Å². The second-order valence-electron chi connectivity index (χ2n) is 4.78. The van der Waals surface area contributed by atoms with Crippen molar-refractivity contribution in [2.24, 2.45) is 10.9 Å². The Morgan fingerprint density at radius 3 is 2.84 bits per heavy atom. The molecule has 1 aliphatic carbocycles. The van der Waals surface area contributed by atoms with Gasteiger partial charge in [0.05, 0.1) is 0 Å². The lowest BCUT2D eigenvalue weighted by molar-refractivity contribution is 0.256. The Bertz CT molecular complexity index is 477. The summed E-state index contributed by atoms with van der Waals surface area (Å²) in [5, 5.41) is 11.9. The summed E-state index contributed by atoms with van der Waals surface area (Å²) in [6.45, 7) is 1.18. The summed E-state index contributed by atoms with van der Waals surface area (Å²) < 4.78 is 13.8. The van der Waals surface area contributed by atoms with Gasteiger partial charge in [-0.15, -0.1) is 0 Å². The molecule has 0 unspecified atom stereocenters. The van der Waals surface area contributed by atoms with Crippen molar-refractivity contribution in [3.05, 3.63) is 34.6 Å². The maximum atomic E-state index is 13.8. The minimum absolute atomic E-state index is 0.197. The minimum atomic E-state index is -0.290. The molecule has 1 aromatic carbocycles. The van der Waals surface area contributed by atoms with E-state index < -0.39 is 0 Å². The zero-order valence-corrected chi connectivity index (χ0v) is 11.3. The summed E-state index contributed by atoms with van der Waals surface area (Å²) in [5.74, 6) is -0.0934. The molecule has 1 aliphatic rings. The van der Waals surface area contributed by atoms with Crippen LogP contribution in [0.2, 0.25) is 5.02 Å². The molecule has 3 N–H and O–H groups in total. The summed E-state index contributed by atoms with van der Waals surface area (Å²) in [7, 11) is 0. The normalized spacial score (nSPS) is 16.1. The first-order valence-corrected chi connectivity index (χ1v) is 6.62. The Morgan fingerprint density at radius 2 is 2.26 bits per heavy atom. The Labute approximate surface area is 116 Å². The standard InChI is InChI=1S/C13H17ClFN3O/c14-10-2-1-9(12(15)7-10)8-18(11-3-4-11)6-5-13(16)17-19/h1-2,7,11,19H,3-6,8H2,(H2,16,17). The Balaban J connectivity index is 2.00. The molecule has 0 heterocycles. The molecule has 0 aromatic heterocycles. The summed E-state index contributed by atoms with van der Waals surface area (Å²) in [6.07, 6.45) is 2.71. The number of amidine groups is 1. The topological polar surface area (TPSA) is 61.8 Å². The van der Waals surface area contributed by atoms with E-state index in [0.29, 0.717) is 36.1 Å². The average Bonchev–Trinajstić information content (AvgIpc) is 3.20. The fourth-order valence-corrected chi connectivity index (χ4v) is 2.17. The van der Waals surface area contributed by atoms with Crippen molar-refractivity contribution in [2.45, 2.75) is 31.8 Å². The summed E-state index contributed by atoms with van der Waals surface area (Å²) in [6, 6.07) is 5.19. The number of nitrogens with two attached hydrogens (primary N) is 1. The Hall–Kier alpha value is -1.33. The van der Waals surface area contributed by atoms with Gasteiger partial charge in [0.25, 0.3) is 0 Å². The lowest BCUT2D eigenvalue weighted by Crippen LogP contribution is -2.30. The number of rotatable bonds is 6. The van der Waals surface area contributed by atoms with Crippen molar-refractivity contribution < 1.29 is 9.60 Å². The largest absolute Gasteiger partial charge is 0.409 e. The van der Waals surface area contributed by atoms with Crippen molar-refractivity contribution >= 4 is 17.4 Å². The second-order valence-corrected chi connectivity index (χ2v) is 5.22. The van der Waals surface area contributed by atoms with Crippen LogP contribution in [0, 0.1) is 5.82 Å². The van der Waals surface area contributed by atoms with E-state index in [-0.39, 0.29) is 11.7 Å². The highest BCUT2D eigenvalue weighted by Gasteiger charge is 2.29. The second kappa shape index (κ2) is 6.21. The highest BCUT2D eigenvalue weighted by molar-refractivity contribution is 6.30. The quantitative estimate of drug-likeness (QED) is 0.365. The van der Waals surface area contributed by atoms with Crippen molar-refractivity contribution in [2.75, 3.05) is 6.54 Å². The number of halogens is 2. The van der Waals surface area contributed by atoms with Crippen LogP contribution < -0.4 is 5.73 Å². The highest BCUT2D eigenvalue weighted by Crippen LogP contribution is 2.29. The lowest BCUT2D eigenvalue weighted by Gasteiger charge is -2.22. The first-order valence-electron chi connectivity index (χ1n) is 6.24.